The zero-order chi connectivity index (χ0) is 13.7. The number of methoxy groups -OCH3 is 1. The lowest BCUT2D eigenvalue weighted by Crippen LogP contribution is -2.38. The van der Waals surface area contributed by atoms with Crippen molar-refractivity contribution >= 4 is 5.91 Å². The highest BCUT2D eigenvalue weighted by atomic mass is 16.5. The Kier molecular flexibility index (Phi) is 4.97. The molecule has 1 rings (SSSR count). The van der Waals surface area contributed by atoms with Crippen LogP contribution in [-0.4, -0.2) is 35.9 Å². The van der Waals surface area contributed by atoms with Gasteiger partial charge in [0.1, 0.15) is 11.5 Å². The van der Waals surface area contributed by atoms with Gasteiger partial charge in [0, 0.05) is 18.7 Å². The van der Waals surface area contributed by atoms with Gasteiger partial charge in [0.15, 0.2) is 0 Å². The smallest absolute Gasteiger partial charge is 0.255 e. The predicted octanol–water partition coefficient (Wildman–Crippen LogP) is 1.15. The Morgan fingerprint density at radius 1 is 1.44 bits per heavy atom. The fourth-order valence-corrected chi connectivity index (χ4v) is 1.42. The molecule has 0 saturated carbocycles. The summed E-state index contributed by atoms with van der Waals surface area (Å²) in [5.41, 5.74) is 0.188. The minimum atomic E-state index is -0.372. The Bertz CT molecular complexity index is 419. The van der Waals surface area contributed by atoms with E-state index in [9.17, 15) is 9.90 Å². The van der Waals surface area contributed by atoms with Gasteiger partial charge >= 0.3 is 0 Å². The number of amides is 1. The molecule has 0 radical (unpaired) electrons. The van der Waals surface area contributed by atoms with E-state index in [0.29, 0.717) is 5.75 Å². The van der Waals surface area contributed by atoms with Crippen LogP contribution in [0.4, 0.5) is 0 Å². The number of nitrogens with one attached hydrogen (secondary N) is 1. The average molecular weight is 253 g/mol. The maximum absolute atomic E-state index is 11.9. The molecule has 18 heavy (non-hydrogen) atoms. The number of phenolic OH excluding ortho intramolecular Hbond substituents is 1. The molecule has 1 aromatic rings. The number of benzene rings is 1. The second-order valence-corrected chi connectivity index (χ2v) is 4.31. The van der Waals surface area contributed by atoms with E-state index in [4.69, 9.17) is 9.84 Å². The van der Waals surface area contributed by atoms with E-state index in [2.05, 4.69) is 5.32 Å². The van der Waals surface area contributed by atoms with Crippen LogP contribution in [0.15, 0.2) is 18.2 Å². The first kappa shape index (κ1) is 14.3. The van der Waals surface area contributed by atoms with Crippen LogP contribution < -0.4 is 10.1 Å². The molecule has 100 valence electrons. The maximum atomic E-state index is 11.9. The van der Waals surface area contributed by atoms with Gasteiger partial charge in [0.2, 0.25) is 0 Å². The number of aromatic hydroxyl groups is 1. The number of hydrogen-bond donors (Lipinski definition) is 3. The topological polar surface area (TPSA) is 78.8 Å². The monoisotopic (exact) mass is 253 g/mol. The molecule has 0 aliphatic heterocycles. The first-order chi connectivity index (χ1) is 8.49. The van der Waals surface area contributed by atoms with E-state index in [0.717, 1.165) is 0 Å². The minimum Gasteiger partial charge on any atom is -0.507 e. The van der Waals surface area contributed by atoms with Gasteiger partial charge in [-0.1, -0.05) is 6.92 Å². The summed E-state index contributed by atoms with van der Waals surface area (Å²) in [5, 5.41) is 21.4. The van der Waals surface area contributed by atoms with Crippen LogP contribution in [0, 0.1) is 5.92 Å². The van der Waals surface area contributed by atoms with Gasteiger partial charge in [0.05, 0.1) is 12.7 Å². The van der Waals surface area contributed by atoms with Gasteiger partial charge in [-0.2, -0.15) is 0 Å². The molecule has 5 heteroatoms. The van der Waals surface area contributed by atoms with E-state index in [1.54, 1.807) is 13.0 Å². The van der Waals surface area contributed by atoms with Gasteiger partial charge in [-0.05, 0) is 25.0 Å². The van der Waals surface area contributed by atoms with Crippen molar-refractivity contribution in [2.24, 2.45) is 5.92 Å². The quantitative estimate of drug-likeness (QED) is 0.735. The summed E-state index contributed by atoms with van der Waals surface area (Å²) in [5.74, 6) is -0.0613. The Labute approximate surface area is 106 Å². The Balaban J connectivity index is 2.78. The molecule has 2 unspecified atom stereocenters. The highest BCUT2D eigenvalue weighted by Gasteiger charge is 2.17. The van der Waals surface area contributed by atoms with E-state index >= 15 is 0 Å². The zero-order valence-corrected chi connectivity index (χ0v) is 10.8. The second-order valence-electron chi connectivity index (χ2n) is 4.31. The van der Waals surface area contributed by atoms with Gasteiger partial charge < -0.3 is 20.3 Å². The van der Waals surface area contributed by atoms with Crippen LogP contribution >= 0.6 is 0 Å². The summed E-state index contributed by atoms with van der Waals surface area (Å²) in [4.78, 5) is 11.9. The molecule has 2 atom stereocenters. The Hall–Kier alpha value is -1.75. The molecule has 3 N–H and O–H groups in total. The molecule has 1 aromatic carbocycles. The number of carbonyl (C=O) groups is 1. The number of rotatable bonds is 5. The zero-order valence-electron chi connectivity index (χ0n) is 10.8. The van der Waals surface area contributed by atoms with Crippen LogP contribution in [0.25, 0.3) is 0 Å². The van der Waals surface area contributed by atoms with Crippen molar-refractivity contribution in [2.75, 3.05) is 13.7 Å². The molecular formula is C13H19NO4. The molecule has 1 amide bonds. The third-order valence-corrected chi connectivity index (χ3v) is 2.95. The highest BCUT2D eigenvalue weighted by Crippen LogP contribution is 2.23. The maximum Gasteiger partial charge on any atom is 0.255 e. The molecule has 0 fully saturated rings. The summed E-state index contributed by atoms with van der Waals surface area (Å²) >= 11 is 0. The van der Waals surface area contributed by atoms with Crippen molar-refractivity contribution in [3.8, 4) is 11.5 Å². The van der Waals surface area contributed by atoms with Crippen LogP contribution in [-0.2, 0) is 0 Å². The number of carbonyl (C=O) groups excluding carboxylic acids is 1. The SMILES string of the molecule is COc1ccc(C(=O)NC(C)C(C)CO)c(O)c1. The molecule has 0 aromatic heterocycles. The summed E-state index contributed by atoms with van der Waals surface area (Å²) < 4.78 is 4.94. The fraction of sp³-hybridized carbons (Fsp3) is 0.462. The van der Waals surface area contributed by atoms with Gasteiger partial charge in [0.25, 0.3) is 5.91 Å². The van der Waals surface area contributed by atoms with Crippen molar-refractivity contribution < 1.29 is 19.7 Å². The molecule has 0 heterocycles. The lowest BCUT2D eigenvalue weighted by atomic mass is 10.0. The largest absolute Gasteiger partial charge is 0.507 e. The van der Waals surface area contributed by atoms with Gasteiger partial charge in [-0.3, -0.25) is 4.79 Å². The first-order valence-electron chi connectivity index (χ1n) is 5.78. The third-order valence-electron chi connectivity index (χ3n) is 2.95. The minimum absolute atomic E-state index is 0.00393. The second kappa shape index (κ2) is 6.26. The van der Waals surface area contributed by atoms with E-state index in [1.807, 2.05) is 6.92 Å². The van der Waals surface area contributed by atoms with E-state index in [1.165, 1.54) is 19.2 Å². The number of aliphatic hydroxyl groups is 1. The lowest BCUT2D eigenvalue weighted by Gasteiger charge is -2.19. The highest BCUT2D eigenvalue weighted by molar-refractivity contribution is 5.97. The van der Waals surface area contributed by atoms with Crippen molar-refractivity contribution in [2.45, 2.75) is 19.9 Å². The Morgan fingerprint density at radius 3 is 2.61 bits per heavy atom. The molecule has 5 nitrogen and oxygen atoms in total. The van der Waals surface area contributed by atoms with Gasteiger partial charge in [-0.25, -0.2) is 0 Å². The van der Waals surface area contributed by atoms with E-state index in [-0.39, 0.29) is 35.8 Å². The fourth-order valence-electron chi connectivity index (χ4n) is 1.42. The van der Waals surface area contributed by atoms with Crippen LogP contribution in [0.3, 0.4) is 0 Å². The number of ether oxygens (including phenoxy) is 1. The van der Waals surface area contributed by atoms with Crippen LogP contribution in [0.5, 0.6) is 11.5 Å². The summed E-state index contributed by atoms with van der Waals surface area (Å²) in [7, 11) is 1.49. The number of aliphatic hydroxyl groups excluding tert-OH is 1. The average Bonchev–Trinajstić information content (AvgIpc) is 2.37. The van der Waals surface area contributed by atoms with Crippen molar-refractivity contribution in [1.82, 2.24) is 5.32 Å². The molecule has 0 aliphatic rings. The van der Waals surface area contributed by atoms with Crippen molar-refractivity contribution in [1.29, 1.82) is 0 Å². The molecule has 0 saturated heterocycles. The predicted molar refractivity (Wildman–Crippen MR) is 67.8 cm³/mol. The van der Waals surface area contributed by atoms with Crippen LogP contribution in [0.1, 0.15) is 24.2 Å². The lowest BCUT2D eigenvalue weighted by molar-refractivity contribution is 0.0913. The van der Waals surface area contributed by atoms with Crippen molar-refractivity contribution in [3.63, 3.8) is 0 Å². The Morgan fingerprint density at radius 2 is 2.11 bits per heavy atom. The first-order valence-corrected chi connectivity index (χ1v) is 5.78. The molecular weight excluding hydrogens is 234 g/mol. The number of phenols is 1. The summed E-state index contributed by atoms with van der Waals surface area (Å²) in [6.45, 7) is 3.63. The normalized spacial score (nSPS) is 13.8. The number of hydrogen-bond acceptors (Lipinski definition) is 4. The van der Waals surface area contributed by atoms with Crippen LogP contribution in [0.2, 0.25) is 0 Å². The van der Waals surface area contributed by atoms with Crippen molar-refractivity contribution in [3.05, 3.63) is 23.8 Å². The van der Waals surface area contributed by atoms with Gasteiger partial charge in [-0.15, -0.1) is 0 Å². The molecule has 0 spiro atoms. The third kappa shape index (κ3) is 3.37. The molecule has 0 aliphatic carbocycles. The molecule has 0 bridgehead atoms. The standard InChI is InChI=1S/C13H19NO4/c1-8(7-15)9(2)14-13(17)11-5-4-10(18-3)6-12(11)16/h4-6,8-9,15-16H,7H2,1-3H3,(H,14,17). The summed E-state index contributed by atoms with van der Waals surface area (Å²) in [6.07, 6.45) is 0. The summed E-state index contributed by atoms with van der Waals surface area (Å²) in [6, 6.07) is 4.31. The van der Waals surface area contributed by atoms with E-state index < -0.39 is 0 Å².